The molecule has 10 nitrogen and oxygen atoms in total. The number of nitrogens with one attached hydrogen (secondary N) is 1. The first-order valence-corrected chi connectivity index (χ1v) is 13.3. The predicted molar refractivity (Wildman–Crippen MR) is 139 cm³/mol. The van der Waals surface area contributed by atoms with Gasteiger partial charge in [-0.25, -0.2) is 13.3 Å². The Morgan fingerprint density at radius 3 is 2.39 bits per heavy atom. The van der Waals surface area contributed by atoms with E-state index in [1.165, 1.54) is 19.9 Å². The van der Waals surface area contributed by atoms with Crippen molar-refractivity contribution in [2.75, 3.05) is 20.3 Å². The SMILES string of the molecule is COc1ccccc1OCCOc1ccc(/C=C2/C(=N)N3C(=NC2=O)SN=C3S(=O)(=O)C(C)C)cc1. The van der Waals surface area contributed by atoms with E-state index in [1.54, 1.807) is 31.4 Å². The number of benzene rings is 2. The molecule has 0 aromatic heterocycles. The minimum atomic E-state index is -3.77. The topological polar surface area (TPSA) is 131 Å². The minimum Gasteiger partial charge on any atom is -0.493 e. The maximum atomic E-state index is 12.7. The number of ether oxygens (including phenoxy) is 3. The molecule has 2 aromatic rings. The monoisotopic (exact) mass is 528 g/mol. The summed E-state index contributed by atoms with van der Waals surface area (Å²) in [4.78, 5) is 17.6. The standard InChI is InChI=1S/C24H24N4O6S2/c1-15(2)36(30,31)24-27-35-23-26-22(29)18(21(25)28(23)24)14-16-8-10-17(11-9-16)33-12-13-34-20-7-5-4-6-19(20)32-3/h4-11,14-15,25H,12-13H2,1-3H3/b18-14-,25-21?. The maximum Gasteiger partial charge on any atom is 0.283 e. The smallest absolute Gasteiger partial charge is 0.283 e. The largest absolute Gasteiger partial charge is 0.493 e. The Morgan fingerprint density at radius 1 is 1.06 bits per heavy atom. The van der Waals surface area contributed by atoms with Gasteiger partial charge in [0.2, 0.25) is 20.2 Å². The number of aliphatic imine (C=N–C) groups is 1. The molecule has 2 heterocycles. The molecule has 2 aliphatic heterocycles. The number of methoxy groups -OCH3 is 1. The van der Waals surface area contributed by atoms with Crippen LogP contribution in [0.15, 0.2) is 63.5 Å². The van der Waals surface area contributed by atoms with Gasteiger partial charge in [-0.3, -0.25) is 10.2 Å². The van der Waals surface area contributed by atoms with Gasteiger partial charge in [-0.15, -0.1) is 0 Å². The van der Waals surface area contributed by atoms with Gasteiger partial charge in [0, 0.05) is 0 Å². The molecule has 12 heteroatoms. The molecule has 0 saturated heterocycles. The fourth-order valence-corrected chi connectivity index (χ4v) is 5.33. The number of fused-ring (bicyclic) bond motifs is 1. The highest BCUT2D eigenvalue weighted by atomic mass is 32.2. The van der Waals surface area contributed by atoms with Crippen LogP contribution >= 0.6 is 11.9 Å². The van der Waals surface area contributed by atoms with E-state index in [-0.39, 0.29) is 21.7 Å². The Bertz CT molecular complexity index is 1380. The van der Waals surface area contributed by atoms with Crippen molar-refractivity contribution in [2.45, 2.75) is 19.1 Å². The van der Waals surface area contributed by atoms with Crippen LogP contribution in [0, 0.1) is 5.41 Å². The minimum absolute atomic E-state index is 0.0354. The van der Waals surface area contributed by atoms with E-state index < -0.39 is 21.0 Å². The highest BCUT2D eigenvalue weighted by Crippen LogP contribution is 2.31. The molecular weight excluding hydrogens is 504 g/mol. The quantitative estimate of drug-likeness (QED) is 0.313. The Labute approximate surface area is 213 Å². The number of rotatable bonds is 8. The highest BCUT2D eigenvalue weighted by Gasteiger charge is 2.43. The number of sulfone groups is 1. The number of hydrogen-bond donors (Lipinski definition) is 1. The van der Waals surface area contributed by atoms with Gasteiger partial charge in [-0.2, -0.15) is 9.39 Å². The lowest BCUT2D eigenvalue weighted by atomic mass is 10.1. The third-order valence-electron chi connectivity index (χ3n) is 5.24. The summed E-state index contributed by atoms with van der Waals surface area (Å²) >= 11 is 0.768. The van der Waals surface area contributed by atoms with Gasteiger partial charge < -0.3 is 14.2 Å². The summed E-state index contributed by atoms with van der Waals surface area (Å²) in [6.45, 7) is 3.68. The van der Waals surface area contributed by atoms with E-state index in [1.807, 2.05) is 24.3 Å². The van der Waals surface area contributed by atoms with Crippen LogP contribution in [0.2, 0.25) is 0 Å². The fourth-order valence-electron chi connectivity index (χ4n) is 3.27. The van der Waals surface area contributed by atoms with Crippen molar-refractivity contribution in [1.29, 1.82) is 5.41 Å². The number of amidine groups is 3. The van der Waals surface area contributed by atoms with Crippen LogP contribution in [0.3, 0.4) is 0 Å². The molecule has 0 radical (unpaired) electrons. The van der Waals surface area contributed by atoms with Crippen molar-refractivity contribution in [3.63, 3.8) is 0 Å². The molecule has 2 aromatic carbocycles. The second-order valence-electron chi connectivity index (χ2n) is 7.92. The molecule has 0 aliphatic carbocycles. The molecule has 0 unspecified atom stereocenters. The first kappa shape index (κ1) is 25.5. The number of carbonyl (C=O) groups is 1. The first-order chi connectivity index (χ1) is 17.2. The van der Waals surface area contributed by atoms with Crippen LogP contribution < -0.4 is 14.2 Å². The molecular formula is C24H24N4O6S2. The average Bonchev–Trinajstić information content (AvgIpc) is 3.30. The van der Waals surface area contributed by atoms with Crippen LogP contribution in [-0.4, -0.2) is 61.0 Å². The molecule has 0 atom stereocenters. The van der Waals surface area contributed by atoms with Crippen LogP contribution in [0.4, 0.5) is 0 Å². The van der Waals surface area contributed by atoms with Crippen molar-refractivity contribution in [3.8, 4) is 17.2 Å². The van der Waals surface area contributed by atoms with Gasteiger partial charge in [0.05, 0.1) is 29.9 Å². The number of para-hydroxylation sites is 2. The molecule has 1 N–H and O–H groups in total. The summed E-state index contributed by atoms with van der Waals surface area (Å²) in [5.74, 6) is 0.945. The zero-order valence-corrected chi connectivity index (χ0v) is 21.4. The third kappa shape index (κ3) is 5.14. The summed E-state index contributed by atoms with van der Waals surface area (Å²) in [6.07, 6.45) is 1.49. The van der Waals surface area contributed by atoms with E-state index >= 15 is 0 Å². The summed E-state index contributed by atoms with van der Waals surface area (Å²) in [6, 6.07) is 14.2. The van der Waals surface area contributed by atoms with Gasteiger partial charge in [0.25, 0.3) is 5.91 Å². The zero-order valence-electron chi connectivity index (χ0n) is 19.8. The first-order valence-electron chi connectivity index (χ1n) is 10.9. The van der Waals surface area contributed by atoms with Crippen molar-refractivity contribution in [2.24, 2.45) is 9.39 Å². The maximum absolute atomic E-state index is 12.7. The lowest BCUT2D eigenvalue weighted by molar-refractivity contribution is -0.114. The molecule has 0 spiro atoms. The Morgan fingerprint density at radius 2 is 1.72 bits per heavy atom. The van der Waals surface area contributed by atoms with E-state index in [4.69, 9.17) is 19.6 Å². The normalized spacial score (nSPS) is 16.7. The van der Waals surface area contributed by atoms with Gasteiger partial charge in [0.15, 0.2) is 11.5 Å². The molecule has 2 aliphatic rings. The van der Waals surface area contributed by atoms with Crippen LogP contribution in [0.25, 0.3) is 6.08 Å². The van der Waals surface area contributed by atoms with E-state index in [0.29, 0.717) is 36.0 Å². The Kier molecular flexibility index (Phi) is 7.45. The molecule has 188 valence electrons. The summed E-state index contributed by atoms with van der Waals surface area (Å²) < 4.78 is 45.9. The number of hydrogen-bond acceptors (Lipinski definition) is 9. The molecule has 0 saturated carbocycles. The van der Waals surface area contributed by atoms with Gasteiger partial charge >= 0.3 is 0 Å². The average molecular weight is 529 g/mol. The highest BCUT2D eigenvalue weighted by molar-refractivity contribution is 8.16. The molecule has 4 rings (SSSR count). The van der Waals surface area contributed by atoms with Crippen LogP contribution in [0.5, 0.6) is 17.2 Å². The van der Waals surface area contributed by atoms with Gasteiger partial charge in [0.1, 0.15) is 24.8 Å². The Hall–Kier alpha value is -3.64. The fraction of sp³-hybridized carbons (Fsp3) is 0.250. The summed E-state index contributed by atoms with van der Waals surface area (Å²) in [5.41, 5.74) is 0.586. The second kappa shape index (κ2) is 10.5. The van der Waals surface area contributed by atoms with E-state index in [2.05, 4.69) is 9.39 Å². The van der Waals surface area contributed by atoms with E-state index in [9.17, 15) is 13.2 Å². The van der Waals surface area contributed by atoms with Crippen LogP contribution in [0.1, 0.15) is 19.4 Å². The third-order valence-corrected chi connectivity index (χ3v) is 8.08. The van der Waals surface area contributed by atoms with E-state index in [0.717, 1.165) is 16.8 Å². The van der Waals surface area contributed by atoms with Gasteiger partial charge in [-0.05, 0) is 49.8 Å². The second-order valence-corrected chi connectivity index (χ2v) is 11.0. The number of carbonyl (C=O) groups excluding carboxylic acids is 1. The molecule has 0 fully saturated rings. The summed E-state index contributed by atoms with van der Waals surface area (Å²) in [7, 11) is -2.19. The van der Waals surface area contributed by atoms with Gasteiger partial charge in [-0.1, -0.05) is 24.3 Å². The molecule has 1 amide bonds. The zero-order chi connectivity index (χ0) is 25.9. The van der Waals surface area contributed by atoms with Crippen molar-refractivity contribution < 1.29 is 27.4 Å². The lowest BCUT2D eigenvalue weighted by Gasteiger charge is -2.25. The predicted octanol–water partition coefficient (Wildman–Crippen LogP) is 3.55. The molecule has 0 bridgehead atoms. The lowest BCUT2D eigenvalue weighted by Crippen LogP contribution is -2.46. The summed E-state index contributed by atoms with van der Waals surface area (Å²) in [5, 5.41) is 7.54. The Balaban J connectivity index is 1.42. The number of amides is 1. The number of nitrogens with zero attached hydrogens (tertiary/aromatic N) is 3. The van der Waals surface area contributed by atoms with Crippen molar-refractivity contribution in [1.82, 2.24) is 4.90 Å². The van der Waals surface area contributed by atoms with Crippen LogP contribution in [-0.2, 0) is 14.6 Å². The molecule has 36 heavy (non-hydrogen) atoms. The van der Waals surface area contributed by atoms with Crippen molar-refractivity contribution in [3.05, 3.63) is 59.7 Å². The van der Waals surface area contributed by atoms with Crippen molar-refractivity contribution >= 4 is 49.9 Å².